The second-order valence-corrected chi connectivity index (χ2v) is 7.23. The van der Waals surface area contributed by atoms with Crippen LogP contribution in [0.4, 0.5) is 17.1 Å². The molecule has 4 aromatic carbocycles. The number of phenolic OH excluding ortho intramolecular Hbond substituents is 1. The number of nitrogens with one attached hydrogen (secondary N) is 1. The summed E-state index contributed by atoms with van der Waals surface area (Å²) in [5, 5.41) is 24.3. The van der Waals surface area contributed by atoms with Crippen molar-refractivity contribution in [1.29, 1.82) is 0 Å². The number of aryl methyl sites for hydroxylation is 1. The van der Waals surface area contributed by atoms with Gasteiger partial charge in [-0.1, -0.05) is 54.1 Å². The third-order valence-corrected chi connectivity index (χ3v) is 4.93. The number of carbonyl (C=O) groups excluding carboxylic acids is 1. The molecule has 1 amide bonds. The van der Waals surface area contributed by atoms with Crippen LogP contribution in [-0.2, 0) is 0 Å². The van der Waals surface area contributed by atoms with E-state index in [9.17, 15) is 9.90 Å². The Hall–Kier alpha value is -3.70. The molecule has 4 aromatic rings. The first-order valence-corrected chi connectivity index (χ1v) is 9.70. The summed E-state index contributed by atoms with van der Waals surface area (Å²) in [6.45, 7) is 1.85. The second kappa shape index (κ2) is 8.35. The molecule has 0 aliphatic rings. The lowest BCUT2D eigenvalue weighted by Gasteiger charge is -2.12. The summed E-state index contributed by atoms with van der Waals surface area (Å²) in [6, 6.07) is 23.4. The third kappa shape index (κ3) is 4.02. The molecule has 0 aromatic heterocycles. The monoisotopic (exact) mass is 415 g/mol. The third-order valence-electron chi connectivity index (χ3n) is 4.70. The summed E-state index contributed by atoms with van der Waals surface area (Å²) in [6.07, 6.45) is 0. The maximum Gasteiger partial charge on any atom is 0.259 e. The molecule has 0 aliphatic heterocycles. The Morgan fingerprint density at radius 3 is 2.43 bits per heavy atom. The van der Waals surface area contributed by atoms with E-state index in [1.54, 1.807) is 24.3 Å². The average molecular weight is 416 g/mol. The molecule has 30 heavy (non-hydrogen) atoms. The molecule has 6 heteroatoms. The van der Waals surface area contributed by atoms with Gasteiger partial charge >= 0.3 is 0 Å². The molecular formula is C24H18ClN3O2. The molecule has 0 bridgehead atoms. The van der Waals surface area contributed by atoms with Crippen molar-refractivity contribution in [3.8, 4) is 5.75 Å². The number of fused-ring (bicyclic) bond motifs is 1. The van der Waals surface area contributed by atoms with Crippen LogP contribution in [0.3, 0.4) is 0 Å². The fourth-order valence-corrected chi connectivity index (χ4v) is 3.38. The number of anilines is 1. The van der Waals surface area contributed by atoms with E-state index in [1.807, 2.05) is 61.5 Å². The van der Waals surface area contributed by atoms with Gasteiger partial charge in [0.25, 0.3) is 5.91 Å². The maximum atomic E-state index is 13.0. The van der Waals surface area contributed by atoms with E-state index in [4.69, 9.17) is 11.6 Å². The SMILES string of the molecule is Cc1cc(Cl)ccc1NC(=O)c1cc2ccccc2c(/N=N/c2ccccc2)c1O. The molecular weight excluding hydrogens is 398 g/mol. The lowest BCUT2D eigenvalue weighted by molar-refractivity contribution is 0.102. The Morgan fingerprint density at radius 2 is 1.67 bits per heavy atom. The number of azo groups is 1. The Morgan fingerprint density at radius 1 is 0.933 bits per heavy atom. The molecule has 0 saturated carbocycles. The Balaban J connectivity index is 1.77. The van der Waals surface area contributed by atoms with Crippen molar-refractivity contribution in [2.45, 2.75) is 6.92 Å². The van der Waals surface area contributed by atoms with Crippen molar-refractivity contribution in [1.82, 2.24) is 0 Å². The number of phenols is 1. The predicted molar refractivity (Wildman–Crippen MR) is 120 cm³/mol. The number of rotatable bonds is 4. The van der Waals surface area contributed by atoms with E-state index in [1.165, 1.54) is 0 Å². The van der Waals surface area contributed by atoms with E-state index in [-0.39, 0.29) is 17.0 Å². The van der Waals surface area contributed by atoms with Crippen LogP contribution in [0.5, 0.6) is 5.75 Å². The van der Waals surface area contributed by atoms with E-state index in [2.05, 4.69) is 15.5 Å². The van der Waals surface area contributed by atoms with Gasteiger partial charge in [0.1, 0.15) is 5.69 Å². The quantitative estimate of drug-likeness (QED) is 0.346. The number of hydrogen-bond acceptors (Lipinski definition) is 4. The molecule has 0 saturated heterocycles. The van der Waals surface area contributed by atoms with Crippen LogP contribution < -0.4 is 5.32 Å². The average Bonchev–Trinajstić information content (AvgIpc) is 2.75. The Kier molecular flexibility index (Phi) is 5.46. The minimum absolute atomic E-state index is 0.116. The summed E-state index contributed by atoms with van der Waals surface area (Å²) in [5.41, 5.74) is 2.44. The van der Waals surface area contributed by atoms with Gasteiger partial charge in [0.05, 0.1) is 11.3 Å². The first kappa shape index (κ1) is 19.6. The number of carbonyl (C=O) groups is 1. The van der Waals surface area contributed by atoms with Crippen molar-refractivity contribution in [2.75, 3.05) is 5.32 Å². The lowest BCUT2D eigenvalue weighted by atomic mass is 10.0. The van der Waals surface area contributed by atoms with Crippen LogP contribution in [0.1, 0.15) is 15.9 Å². The smallest absolute Gasteiger partial charge is 0.259 e. The summed E-state index contributed by atoms with van der Waals surface area (Å²) < 4.78 is 0. The van der Waals surface area contributed by atoms with Crippen LogP contribution in [0.25, 0.3) is 10.8 Å². The van der Waals surface area contributed by atoms with Gasteiger partial charge in [-0.05, 0) is 54.3 Å². The highest BCUT2D eigenvalue weighted by Crippen LogP contribution is 2.39. The van der Waals surface area contributed by atoms with Crippen molar-refractivity contribution >= 4 is 45.3 Å². The molecule has 0 heterocycles. The fraction of sp³-hybridized carbons (Fsp3) is 0.0417. The topological polar surface area (TPSA) is 74.0 Å². The van der Waals surface area contributed by atoms with Gasteiger partial charge in [-0.15, -0.1) is 5.11 Å². The Bertz CT molecular complexity index is 1270. The zero-order valence-corrected chi connectivity index (χ0v) is 16.9. The summed E-state index contributed by atoms with van der Waals surface area (Å²) >= 11 is 5.99. The van der Waals surface area contributed by atoms with Crippen molar-refractivity contribution in [3.63, 3.8) is 0 Å². The molecule has 5 nitrogen and oxygen atoms in total. The van der Waals surface area contributed by atoms with Crippen molar-refractivity contribution in [2.24, 2.45) is 10.2 Å². The highest BCUT2D eigenvalue weighted by molar-refractivity contribution is 6.30. The van der Waals surface area contributed by atoms with Crippen LogP contribution in [0.2, 0.25) is 5.02 Å². The van der Waals surface area contributed by atoms with E-state index in [0.717, 1.165) is 10.9 Å². The molecule has 148 valence electrons. The predicted octanol–water partition coefficient (Wildman–Crippen LogP) is 7.17. The summed E-state index contributed by atoms with van der Waals surface area (Å²) in [4.78, 5) is 13.0. The molecule has 0 radical (unpaired) electrons. The molecule has 4 rings (SSSR count). The van der Waals surface area contributed by atoms with Gasteiger partial charge in [0, 0.05) is 16.1 Å². The zero-order chi connectivity index (χ0) is 21.1. The minimum Gasteiger partial charge on any atom is -0.505 e. The Labute approximate surface area is 178 Å². The summed E-state index contributed by atoms with van der Waals surface area (Å²) in [7, 11) is 0. The van der Waals surface area contributed by atoms with Crippen LogP contribution >= 0.6 is 11.6 Å². The number of hydrogen-bond donors (Lipinski definition) is 2. The van der Waals surface area contributed by atoms with E-state index >= 15 is 0 Å². The largest absolute Gasteiger partial charge is 0.505 e. The normalized spacial score (nSPS) is 11.1. The number of nitrogens with zero attached hydrogens (tertiary/aromatic N) is 2. The molecule has 0 fully saturated rings. The van der Waals surface area contributed by atoms with Crippen LogP contribution in [0, 0.1) is 6.92 Å². The molecule has 0 spiro atoms. The van der Waals surface area contributed by atoms with E-state index < -0.39 is 5.91 Å². The number of benzene rings is 4. The highest BCUT2D eigenvalue weighted by atomic mass is 35.5. The van der Waals surface area contributed by atoms with Crippen LogP contribution in [-0.4, -0.2) is 11.0 Å². The van der Waals surface area contributed by atoms with Gasteiger partial charge < -0.3 is 10.4 Å². The second-order valence-electron chi connectivity index (χ2n) is 6.79. The van der Waals surface area contributed by atoms with Crippen molar-refractivity contribution < 1.29 is 9.90 Å². The fourth-order valence-electron chi connectivity index (χ4n) is 3.15. The molecule has 0 atom stereocenters. The van der Waals surface area contributed by atoms with Gasteiger partial charge in [-0.3, -0.25) is 4.79 Å². The van der Waals surface area contributed by atoms with Crippen LogP contribution in [0.15, 0.2) is 89.1 Å². The first-order chi connectivity index (χ1) is 14.5. The zero-order valence-electron chi connectivity index (χ0n) is 16.1. The number of aromatic hydroxyl groups is 1. The first-order valence-electron chi connectivity index (χ1n) is 9.32. The number of amides is 1. The number of halogens is 1. The summed E-state index contributed by atoms with van der Waals surface area (Å²) in [5.74, 6) is -0.669. The van der Waals surface area contributed by atoms with Crippen molar-refractivity contribution in [3.05, 3.63) is 95.0 Å². The van der Waals surface area contributed by atoms with Gasteiger partial charge in [-0.25, -0.2) is 0 Å². The molecule has 0 unspecified atom stereocenters. The van der Waals surface area contributed by atoms with Gasteiger partial charge in [0.15, 0.2) is 5.75 Å². The molecule has 0 aliphatic carbocycles. The molecule has 2 N–H and O–H groups in total. The lowest BCUT2D eigenvalue weighted by Crippen LogP contribution is -2.13. The van der Waals surface area contributed by atoms with E-state index in [0.29, 0.717) is 21.8 Å². The maximum absolute atomic E-state index is 13.0. The van der Waals surface area contributed by atoms with Gasteiger partial charge in [-0.2, -0.15) is 5.11 Å². The van der Waals surface area contributed by atoms with Gasteiger partial charge in [0.2, 0.25) is 0 Å². The standard InChI is InChI=1S/C24H18ClN3O2/c1-15-13-17(25)11-12-21(15)26-24(30)20-14-16-7-5-6-10-19(16)22(23(20)29)28-27-18-8-3-2-4-9-18/h2-14,29H,1H3,(H,26,30)/b28-27+. The minimum atomic E-state index is -0.445. The highest BCUT2D eigenvalue weighted by Gasteiger charge is 2.19.